The van der Waals surface area contributed by atoms with Crippen molar-refractivity contribution < 1.29 is 22.6 Å². The van der Waals surface area contributed by atoms with Gasteiger partial charge in [-0.2, -0.15) is 17.5 Å². The summed E-state index contributed by atoms with van der Waals surface area (Å²) in [5.41, 5.74) is -0.825. The molecule has 0 N–H and O–H groups in total. The van der Waals surface area contributed by atoms with Crippen LogP contribution < -0.4 is 9.47 Å². The van der Waals surface area contributed by atoms with Crippen molar-refractivity contribution in [2.24, 2.45) is 0 Å². The first-order valence-corrected chi connectivity index (χ1v) is 7.51. The Morgan fingerprint density at radius 3 is 2.57 bits per heavy atom. The van der Waals surface area contributed by atoms with Gasteiger partial charge in [0, 0.05) is 0 Å². The lowest BCUT2D eigenvalue weighted by molar-refractivity contribution is -0.137. The number of hydrogen-bond donors (Lipinski definition) is 0. The molecule has 0 atom stereocenters. The maximum absolute atomic E-state index is 12.6. The molecule has 3 aromatic rings. The molecule has 3 nitrogen and oxygen atoms in total. The molecule has 0 amide bonds. The van der Waals surface area contributed by atoms with Gasteiger partial charge in [-0.25, -0.2) is 0 Å². The lowest BCUT2D eigenvalue weighted by Gasteiger charge is -2.11. The first kappa shape index (κ1) is 15.9. The van der Waals surface area contributed by atoms with Gasteiger partial charge in [-0.05, 0) is 47.9 Å². The fourth-order valence-corrected chi connectivity index (χ4v) is 2.94. The van der Waals surface area contributed by atoms with Gasteiger partial charge >= 0.3 is 6.18 Å². The lowest BCUT2D eigenvalue weighted by atomic mass is 10.2. The SMILES string of the molecule is COc1nsc2ccc(Oc3ccc(C(F)(F)F)cc3Cl)cc12. The molecule has 0 fully saturated rings. The summed E-state index contributed by atoms with van der Waals surface area (Å²) in [6, 6.07) is 8.13. The van der Waals surface area contributed by atoms with Crippen LogP contribution in [0, 0.1) is 0 Å². The van der Waals surface area contributed by atoms with Gasteiger partial charge in [0.05, 0.1) is 27.8 Å². The van der Waals surface area contributed by atoms with E-state index >= 15 is 0 Å². The van der Waals surface area contributed by atoms with E-state index in [-0.39, 0.29) is 10.8 Å². The lowest BCUT2D eigenvalue weighted by Crippen LogP contribution is -2.04. The van der Waals surface area contributed by atoms with Gasteiger partial charge in [0.1, 0.15) is 11.5 Å². The van der Waals surface area contributed by atoms with E-state index < -0.39 is 11.7 Å². The molecule has 0 unspecified atom stereocenters. The smallest absolute Gasteiger partial charge is 0.416 e. The van der Waals surface area contributed by atoms with Gasteiger partial charge in [0.2, 0.25) is 5.88 Å². The Morgan fingerprint density at radius 2 is 1.91 bits per heavy atom. The highest BCUT2D eigenvalue weighted by Crippen LogP contribution is 2.38. The van der Waals surface area contributed by atoms with E-state index in [2.05, 4.69) is 4.37 Å². The third-order valence-electron chi connectivity index (χ3n) is 3.09. The molecule has 0 saturated carbocycles. The number of fused-ring (bicyclic) bond motifs is 1. The highest BCUT2D eigenvalue weighted by Gasteiger charge is 2.31. The number of ether oxygens (including phenoxy) is 2. The van der Waals surface area contributed by atoms with Crippen molar-refractivity contribution in [3.63, 3.8) is 0 Å². The zero-order valence-corrected chi connectivity index (χ0v) is 13.2. The molecule has 0 aliphatic rings. The Kier molecular flexibility index (Phi) is 4.08. The third kappa shape index (κ3) is 3.20. The molecule has 3 rings (SSSR count). The molecule has 0 aliphatic carbocycles. The van der Waals surface area contributed by atoms with E-state index in [0.29, 0.717) is 11.6 Å². The van der Waals surface area contributed by atoms with Crippen LogP contribution in [-0.4, -0.2) is 11.5 Å². The molecule has 0 radical (unpaired) electrons. The quantitative estimate of drug-likeness (QED) is 0.595. The minimum absolute atomic E-state index is 0.115. The molecule has 0 aliphatic heterocycles. The molecule has 0 bridgehead atoms. The predicted octanol–water partition coefficient (Wildman–Crippen LogP) is 5.77. The fourth-order valence-electron chi connectivity index (χ4n) is 1.99. The summed E-state index contributed by atoms with van der Waals surface area (Å²) in [5, 5.41) is 0.647. The zero-order valence-electron chi connectivity index (χ0n) is 11.6. The van der Waals surface area contributed by atoms with Gasteiger partial charge in [-0.1, -0.05) is 11.6 Å². The van der Waals surface area contributed by atoms with Crippen molar-refractivity contribution in [1.82, 2.24) is 4.37 Å². The van der Waals surface area contributed by atoms with Crippen LogP contribution in [0.3, 0.4) is 0 Å². The van der Waals surface area contributed by atoms with Crippen molar-refractivity contribution in [2.75, 3.05) is 7.11 Å². The normalized spacial score (nSPS) is 11.7. The Hall–Kier alpha value is -1.99. The standard InChI is InChI=1S/C15H9ClF3NO2S/c1-21-14-10-7-9(3-5-13(10)23-20-14)22-12-4-2-8(6-11(12)16)15(17,18)19/h2-7H,1H3. The highest BCUT2D eigenvalue weighted by molar-refractivity contribution is 7.13. The topological polar surface area (TPSA) is 31.4 Å². The van der Waals surface area contributed by atoms with E-state index in [1.165, 1.54) is 24.7 Å². The molecule has 0 saturated heterocycles. The van der Waals surface area contributed by atoms with E-state index in [0.717, 1.165) is 22.2 Å². The number of methoxy groups -OCH3 is 1. The van der Waals surface area contributed by atoms with Crippen molar-refractivity contribution in [1.29, 1.82) is 0 Å². The summed E-state index contributed by atoms with van der Waals surface area (Å²) < 4.78 is 53.6. The van der Waals surface area contributed by atoms with Crippen LogP contribution in [0.5, 0.6) is 17.4 Å². The number of aromatic nitrogens is 1. The summed E-state index contributed by atoms with van der Waals surface area (Å²) in [5.74, 6) is 1.03. The van der Waals surface area contributed by atoms with Gasteiger partial charge < -0.3 is 9.47 Å². The maximum Gasteiger partial charge on any atom is 0.416 e. The molecule has 120 valence electrons. The van der Waals surface area contributed by atoms with Crippen LogP contribution >= 0.6 is 23.1 Å². The second-order valence-corrected chi connectivity index (χ2v) is 5.81. The average molecular weight is 360 g/mol. The Labute approximate surface area is 138 Å². The minimum Gasteiger partial charge on any atom is -0.480 e. The number of hydrogen-bond acceptors (Lipinski definition) is 4. The van der Waals surface area contributed by atoms with E-state index in [1.807, 2.05) is 0 Å². The first-order valence-electron chi connectivity index (χ1n) is 6.36. The summed E-state index contributed by atoms with van der Waals surface area (Å²) in [4.78, 5) is 0. The van der Waals surface area contributed by atoms with Gasteiger partial charge in [0.15, 0.2) is 0 Å². The number of benzene rings is 2. The molecule has 2 aromatic carbocycles. The second kappa shape index (κ2) is 5.90. The van der Waals surface area contributed by atoms with E-state index in [4.69, 9.17) is 21.1 Å². The number of alkyl halides is 3. The average Bonchev–Trinajstić information content (AvgIpc) is 2.90. The van der Waals surface area contributed by atoms with Gasteiger partial charge in [-0.3, -0.25) is 0 Å². The fraction of sp³-hybridized carbons (Fsp3) is 0.133. The van der Waals surface area contributed by atoms with Gasteiger partial charge in [-0.15, -0.1) is 0 Å². The molecular weight excluding hydrogens is 351 g/mol. The van der Waals surface area contributed by atoms with Crippen LogP contribution in [0.2, 0.25) is 5.02 Å². The Balaban J connectivity index is 1.92. The molecule has 0 spiro atoms. The summed E-state index contributed by atoms with van der Waals surface area (Å²) in [6.07, 6.45) is -4.45. The summed E-state index contributed by atoms with van der Waals surface area (Å²) in [7, 11) is 1.51. The largest absolute Gasteiger partial charge is 0.480 e. The molecule has 8 heteroatoms. The van der Waals surface area contributed by atoms with Crippen molar-refractivity contribution in [3.05, 3.63) is 47.0 Å². The minimum atomic E-state index is -4.45. The van der Waals surface area contributed by atoms with Crippen LogP contribution in [0.4, 0.5) is 13.2 Å². The monoisotopic (exact) mass is 359 g/mol. The zero-order chi connectivity index (χ0) is 16.6. The van der Waals surface area contributed by atoms with Crippen LogP contribution in [0.25, 0.3) is 10.1 Å². The summed E-state index contributed by atoms with van der Waals surface area (Å²) >= 11 is 7.16. The summed E-state index contributed by atoms with van der Waals surface area (Å²) in [6.45, 7) is 0. The number of nitrogens with zero attached hydrogens (tertiary/aromatic N) is 1. The van der Waals surface area contributed by atoms with E-state index in [9.17, 15) is 13.2 Å². The first-order chi connectivity index (χ1) is 10.9. The third-order valence-corrected chi connectivity index (χ3v) is 4.19. The van der Waals surface area contributed by atoms with Crippen LogP contribution in [0.15, 0.2) is 36.4 Å². The highest BCUT2D eigenvalue weighted by atomic mass is 35.5. The molecule has 1 aromatic heterocycles. The van der Waals surface area contributed by atoms with E-state index in [1.54, 1.807) is 18.2 Å². The Morgan fingerprint density at radius 1 is 1.13 bits per heavy atom. The van der Waals surface area contributed by atoms with Gasteiger partial charge in [0.25, 0.3) is 0 Å². The number of halogens is 4. The van der Waals surface area contributed by atoms with Crippen molar-refractivity contribution in [3.8, 4) is 17.4 Å². The Bertz CT molecular complexity index is 864. The molecule has 23 heavy (non-hydrogen) atoms. The van der Waals surface area contributed by atoms with Crippen LogP contribution in [-0.2, 0) is 6.18 Å². The maximum atomic E-state index is 12.6. The van der Waals surface area contributed by atoms with Crippen LogP contribution in [0.1, 0.15) is 5.56 Å². The molecular formula is C15H9ClF3NO2S. The van der Waals surface area contributed by atoms with Crippen molar-refractivity contribution in [2.45, 2.75) is 6.18 Å². The second-order valence-electron chi connectivity index (χ2n) is 4.59. The molecule has 1 heterocycles. The number of rotatable bonds is 3. The predicted molar refractivity (Wildman–Crippen MR) is 82.7 cm³/mol. The van der Waals surface area contributed by atoms with Crippen molar-refractivity contribution >= 4 is 33.2 Å².